The van der Waals surface area contributed by atoms with Gasteiger partial charge in [-0.25, -0.2) is 4.98 Å². The largest absolute Gasteiger partial charge is 0.340 e. The van der Waals surface area contributed by atoms with Crippen molar-refractivity contribution in [3.05, 3.63) is 60.9 Å². The van der Waals surface area contributed by atoms with Crippen LogP contribution in [0.25, 0.3) is 10.9 Å². The van der Waals surface area contributed by atoms with Crippen LogP contribution >= 0.6 is 0 Å². The lowest BCUT2D eigenvalue weighted by Gasteiger charge is -2.11. The molecule has 114 valence electrons. The summed E-state index contributed by atoms with van der Waals surface area (Å²) in [4.78, 5) is 24.2. The molecule has 0 saturated carbocycles. The van der Waals surface area contributed by atoms with Gasteiger partial charge in [-0.2, -0.15) is 4.98 Å². The Labute approximate surface area is 133 Å². The number of pyridine rings is 1. The van der Waals surface area contributed by atoms with E-state index in [1.54, 1.807) is 12.4 Å². The van der Waals surface area contributed by atoms with Gasteiger partial charge in [0.05, 0.1) is 11.7 Å². The first-order valence-electron chi connectivity index (χ1n) is 7.04. The summed E-state index contributed by atoms with van der Waals surface area (Å²) < 4.78 is 0. The van der Waals surface area contributed by atoms with Crippen LogP contribution in [0.4, 0.5) is 17.5 Å². The van der Waals surface area contributed by atoms with Gasteiger partial charge in [0.25, 0.3) is 0 Å². The zero-order valence-corrected chi connectivity index (χ0v) is 12.6. The van der Waals surface area contributed by atoms with Crippen molar-refractivity contribution in [2.24, 2.45) is 0 Å². The van der Waals surface area contributed by atoms with E-state index >= 15 is 0 Å². The summed E-state index contributed by atoms with van der Waals surface area (Å²) in [7, 11) is 0. The van der Waals surface area contributed by atoms with Gasteiger partial charge in [-0.05, 0) is 36.8 Å². The quantitative estimate of drug-likeness (QED) is 0.724. The summed E-state index contributed by atoms with van der Waals surface area (Å²) in [6.07, 6.45) is 4.47. The molecule has 0 fully saturated rings. The van der Waals surface area contributed by atoms with Gasteiger partial charge in [-0.15, -0.1) is 0 Å². The van der Waals surface area contributed by atoms with E-state index in [0.29, 0.717) is 11.3 Å². The van der Waals surface area contributed by atoms with Gasteiger partial charge < -0.3 is 5.32 Å². The minimum Gasteiger partial charge on any atom is -0.340 e. The Kier molecular flexibility index (Phi) is 3.97. The number of amides is 1. The predicted octanol–water partition coefficient (Wildman–Crippen LogP) is 3.20. The lowest BCUT2D eigenvalue weighted by molar-refractivity contribution is -0.111. The smallest absolute Gasteiger partial charge is 0.250 e. The molecule has 23 heavy (non-hydrogen) atoms. The van der Waals surface area contributed by atoms with Crippen LogP contribution in [0.2, 0.25) is 0 Å². The highest BCUT2D eigenvalue weighted by Crippen LogP contribution is 2.24. The molecule has 0 saturated heterocycles. The molecule has 6 heteroatoms. The predicted molar refractivity (Wildman–Crippen MR) is 90.6 cm³/mol. The van der Waals surface area contributed by atoms with Crippen molar-refractivity contribution >= 4 is 34.3 Å². The number of carbonyl (C=O) groups excluding carboxylic acids is 1. The summed E-state index contributed by atoms with van der Waals surface area (Å²) in [6.45, 7) is 5.44. The maximum Gasteiger partial charge on any atom is 0.250 e. The minimum atomic E-state index is -0.366. The van der Waals surface area contributed by atoms with E-state index in [1.165, 1.54) is 6.08 Å². The van der Waals surface area contributed by atoms with Crippen molar-refractivity contribution in [1.82, 2.24) is 15.0 Å². The van der Waals surface area contributed by atoms with Crippen LogP contribution in [-0.4, -0.2) is 20.9 Å². The van der Waals surface area contributed by atoms with Crippen LogP contribution in [0.5, 0.6) is 0 Å². The van der Waals surface area contributed by atoms with Gasteiger partial charge >= 0.3 is 0 Å². The molecule has 0 atom stereocenters. The average molecular weight is 305 g/mol. The highest BCUT2D eigenvalue weighted by molar-refractivity contribution is 5.99. The van der Waals surface area contributed by atoms with E-state index < -0.39 is 0 Å². The SMILES string of the molecule is C=CC(=O)Nc1nc(Nc2cccc(C)c2)c2ccncc2n1. The fourth-order valence-electron chi connectivity index (χ4n) is 2.15. The molecule has 0 aliphatic heterocycles. The van der Waals surface area contributed by atoms with E-state index in [9.17, 15) is 4.79 Å². The standard InChI is InChI=1S/C17H15N5O/c1-3-15(23)21-17-20-14-10-18-8-7-13(14)16(22-17)19-12-6-4-5-11(2)9-12/h3-10H,1H2,2H3,(H2,19,20,21,22,23). The summed E-state index contributed by atoms with van der Waals surface area (Å²) in [5.74, 6) is 0.433. The van der Waals surface area contributed by atoms with Gasteiger partial charge in [0.2, 0.25) is 11.9 Å². The maximum absolute atomic E-state index is 11.5. The maximum atomic E-state index is 11.5. The normalized spacial score (nSPS) is 10.3. The number of hydrogen-bond acceptors (Lipinski definition) is 5. The number of fused-ring (bicyclic) bond motifs is 1. The number of hydrogen-bond donors (Lipinski definition) is 2. The van der Waals surface area contributed by atoms with Crippen LogP contribution in [0.1, 0.15) is 5.56 Å². The molecule has 1 amide bonds. The second kappa shape index (κ2) is 6.23. The summed E-state index contributed by atoms with van der Waals surface area (Å²) >= 11 is 0. The zero-order chi connectivity index (χ0) is 16.2. The third-order valence-corrected chi connectivity index (χ3v) is 3.20. The number of rotatable bonds is 4. The highest BCUT2D eigenvalue weighted by atomic mass is 16.1. The fraction of sp³-hybridized carbons (Fsp3) is 0.0588. The minimum absolute atomic E-state index is 0.200. The molecule has 0 spiro atoms. The molecular weight excluding hydrogens is 290 g/mol. The Bertz CT molecular complexity index is 891. The number of aryl methyl sites for hydroxylation is 1. The molecule has 1 aromatic carbocycles. The van der Waals surface area contributed by atoms with Crippen molar-refractivity contribution < 1.29 is 4.79 Å². The Morgan fingerprint density at radius 2 is 2.13 bits per heavy atom. The van der Waals surface area contributed by atoms with Gasteiger partial charge in [0, 0.05) is 17.3 Å². The fourth-order valence-corrected chi connectivity index (χ4v) is 2.15. The zero-order valence-electron chi connectivity index (χ0n) is 12.6. The first kappa shape index (κ1) is 14.6. The molecule has 0 aliphatic carbocycles. The van der Waals surface area contributed by atoms with E-state index in [0.717, 1.165) is 16.6 Å². The van der Waals surface area contributed by atoms with Crippen LogP contribution in [0.15, 0.2) is 55.4 Å². The van der Waals surface area contributed by atoms with Crippen molar-refractivity contribution in [3.8, 4) is 0 Å². The number of aromatic nitrogens is 3. The van der Waals surface area contributed by atoms with Crippen LogP contribution in [0.3, 0.4) is 0 Å². The Balaban J connectivity index is 2.06. The van der Waals surface area contributed by atoms with Gasteiger partial charge in [0.1, 0.15) is 5.82 Å². The third kappa shape index (κ3) is 3.32. The van der Waals surface area contributed by atoms with Crippen LogP contribution in [0, 0.1) is 6.92 Å². The number of nitrogens with zero attached hydrogens (tertiary/aromatic N) is 3. The number of carbonyl (C=O) groups is 1. The molecule has 3 rings (SSSR count). The molecule has 2 heterocycles. The number of anilines is 3. The molecule has 2 N–H and O–H groups in total. The van der Waals surface area contributed by atoms with Gasteiger partial charge in [0.15, 0.2) is 0 Å². The van der Waals surface area contributed by atoms with E-state index in [4.69, 9.17) is 0 Å². The molecule has 2 aromatic heterocycles. The van der Waals surface area contributed by atoms with Crippen molar-refractivity contribution in [1.29, 1.82) is 0 Å². The van der Waals surface area contributed by atoms with Crippen molar-refractivity contribution in [3.63, 3.8) is 0 Å². The van der Waals surface area contributed by atoms with Crippen LogP contribution in [-0.2, 0) is 4.79 Å². The van der Waals surface area contributed by atoms with E-state index in [2.05, 4.69) is 32.2 Å². The molecular formula is C17H15N5O. The van der Waals surface area contributed by atoms with E-state index in [-0.39, 0.29) is 11.9 Å². The Hall–Kier alpha value is -3.28. The van der Waals surface area contributed by atoms with Gasteiger partial charge in [-0.1, -0.05) is 18.7 Å². The first-order valence-corrected chi connectivity index (χ1v) is 7.04. The highest BCUT2D eigenvalue weighted by Gasteiger charge is 2.09. The third-order valence-electron chi connectivity index (χ3n) is 3.20. The molecule has 0 bridgehead atoms. The summed E-state index contributed by atoms with van der Waals surface area (Å²) in [6, 6.07) is 9.76. The summed E-state index contributed by atoms with van der Waals surface area (Å²) in [5, 5.41) is 6.66. The van der Waals surface area contributed by atoms with Crippen molar-refractivity contribution in [2.75, 3.05) is 10.6 Å². The number of benzene rings is 1. The summed E-state index contributed by atoms with van der Waals surface area (Å²) in [5.41, 5.74) is 2.68. The topological polar surface area (TPSA) is 79.8 Å². The van der Waals surface area contributed by atoms with Crippen LogP contribution < -0.4 is 10.6 Å². The van der Waals surface area contributed by atoms with E-state index in [1.807, 2.05) is 37.3 Å². The average Bonchev–Trinajstić information content (AvgIpc) is 2.55. The van der Waals surface area contributed by atoms with Crippen molar-refractivity contribution in [2.45, 2.75) is 6.92 Å². The molecule has 0 radical (unpaired) electrons. The first-order chi connectivity index (χ1) is 11.2. The Morgan fingerprint density at radius 3 is 2.91 bits per heavy atom. The molecule has 0 unspecified atom stereocenters. The molecule has 6 nitrogen and oxygen atoms in total. The second-order valence-electron chi connectivity index (χ2n) is 4.98. The molecule has 0 aliphatic rings. The molecule has 3 aromatic rings. The Morgan fingerprint density at radius 1 is 1.26 bits per heavy atom. The number of nitrogens with one attached hydrogen (secondary N) is 2. The van der Waals surface area contributed by atoms with Gasteiger partial charge in [-0.3, -0.25) is 15.1 Å². The lowest BCUT2D eigenvalue weighted by Crippen LogP contribution is -2.11. The lowest BCUT2D eigenvalue weighted by atomic mass is 10.2. The second-order valence-corrected chi connectivity index (χ2v) is 4.98. The monoisotopic (exact) mass is 305 g/mol.